The Balaban J connectivity index is 1.49. The van der Waals surface area contributed by atoms with Gasteiger partial charge in [0.05, 0.1) is 35.9 Å². The molecule has 0 bridgehead atoms. The average Bonchev–Trinajstić information content (AvgIpc) is 3.31. The third kappa shape index (κ3) is 4.61. The summed E-state index contributed by atoms with van der Waals surface area (Å²) in [7, 11) is 0. The lowest BCUT2D eigenvalue weighted by Gasteiger charge is -2.15. The van der Waals surface area contributed by atoms with E-state index in [0.717, 1.165) is 23.5 Å². The minimum Gasteiger partial charge on any atom is -0.389 e. The Morgan fingerprint density at radius 1 is 1.31 bits per heavy atom. The number of benzene rings is 1. The number of nitrogens with zero attached hydrogens (tertiary/aromatic N) is 2. The van der Waals surface area contributed by atoms with Gasteiger partial charge >= 0.3 is 0 Å². The zero-order valence-electron chi connectivity index (χ0n) is 16.8. The topological polar surface area (TPSA) is 132 Å². The highest BCUT2D eigenvalue weighted by Gasteiger charge is 2.27. The first kappa shape index (κ1) is 22.2. The van der Waals surface area contributed by atoms with Gasteiger partial charge < -0.3 is 21.5 Å². The Morgan fingerprint density at radius 3 is 2.81 bits per heavy atom. The van der Waals surface area contributed by atoms with Crippen LogP contribution in [0.1, 0.15) is 29.0 Å². The van der Waals surface area contributed by atoms with Gasteiger partial charge in [0.25, 0.3) is 5.91 Å². The number of thiazole rings is 1. The van der Waals surface area contributed by atoms with Gasteiger partial charge in [-0.1, -0.05) is 17.4 Å². The van der Waals surface area contributed by atoms with Crippen LogP contribution >= 0.6 is 11.3 Å². The van der Waals surface area contributed by atoms with Crippen LogP contribution in [0.25, 0.3) is 10.6 Å². The first-order chi connectivity index (χ1) is 15.3. The van der Waals surface area contributed by atoms with Gasteiger partial charge in [0.2, 0.25) is 0 Å². The molecule has 0 radical (unpaired) electrons. The van der Waals surface area contributed by atoms with Crippen LogP contribution in [0.3, 0.4) is 0 Å². The molecule has 1 aliphatic heterocycles. The number of nitrogens with two attached hydrogens (primary N) is 2. The molecule has 1 amide bonds. The average molecular weight is 466 g/mol. The van der Waals surface area contributed by atoms with Crippen LogP contribution in [-0.2, 0) is 11.2 Å². The molecule has 1 saturated heterocycles. The number of hydrogen-bond acceptors (Lipinski definition) is 7. The van der Waals surface area contributed by atoms with Crippen molar-refractivity contribution >= 4 is 27.9 Å². The van der Waals surface area contributed by atoms with Gasteiger partial charge in [0.1, 0.15) is 27.8 Å². The second-order valence-electron chi connectivity index (χ2n) is 7.46. The molecular formula is C20H21F3N6O2S. The molecule has 3 heterocycles. The number of anilines is 2. The summed E-state index contributed by atoms with van der Waals surface area (Å²) in [4.78, 5) is 16.8. The molecule has 8 nitrogen and oxygen atoms in total. The number of carbonyl (C=O) groups excluding carboxylic acids is 1. The number of halogens is 3. The van der Waals surface area contributed by atoms with E-state index in [2.05, 4.69) is 20.5 Å². The molecule has 0 aliphatic carbocycles. The summed E-state index contributed by atoms with van der Waals surface area (Å²) in [6.07, 6.45) is 1.29. The minimum atomic E-state index is -1.22. The number of amides is 1. The SMILES string of the molecule is Nc1sc(-c2c(F)cccc2F)nc1C(=O)Nc1cn[nH]c1CC1CCC(N)C(F)CO1. The van der Waals surface area contributed by atoms with Crippen LogP contribution in [0, 0.1) is 11.6 Å². The van der Waals surface area contributed by atoms with Crippen LogP contribution in [0.5, 0.6) is 0 Å². The van der Waals surface area contributed by atoms with Gasteiger partial charge in [-0.25, -0.2) is 18.2 Å². The normalized spacial score (nSPS) is 21.3. The standard InChI is InChI=1S/C20H21F3N6O2S/c21-10-2-1-3-11(22)16(10)20-28-17(18(25)32-20)19(30)27-15-7-26-29-14(15)6-9-4-5-13(24)12(23)8-31-9/h1-3,7,9,12-13H,4-6,8,24-25H2,(H,26,29)(H,27,30). The van der Waals surface area contributed by atoms with Crippen LogP contribution < -0.4 is 16.8 Å². The van der Waals surface area contributed by atoms with Crippen LogP contribution in [0.15, 0.2) is 24.4 Å². The van der Waals surface area contributed by atoms with Gasteiger partial charge in [-0.3, -0.25) is 9.89 Å². The number of nitrogen functional groups attached to an aromatic ring is 1. The molecule has 0 spiro atoms. The number of aromatic amines is 1. The first-order valence-corrected chi connectivity index (χ1v) is 10.7. The molecule has 2 aromatic heterocycles. The molecule has 3 aromatic rings. The fraction of sp³-hybridized carbons (Fsp3) is 0.350. The first-order valence-electron chi connectivity index (χ1n) is 9.89. The second kappa shape index (κ2) is 9.27. The molecule has 3 unspecified atom stereocenters. The second-order valence-corrected chi connectivity index (χ2v) is 8.49. The molecule has 170 valence electrons. The maximum absolute atomic E-state index is 14.1. The van der Waals surface area contributed by atoms with Gasteiger partial charge in [-0.05, 0) is 25.0 Å². The Bertz CT molecular complexity index is 1090. The Labute approximate surface area is 185 Å². The number of carbonyl (C=O) groups is 1. The largest absolute Gasteiger partial charge is 0.389 e. The van der Waals surface area contributed by atoms with Crippen LogP contribution in [0.4, 0.5) is 23.9 Å². The zero-order chi connectivity index (χ0) is 22.8. The Morgan fingerprint density at radius 2 is 2.06 bits per heavy atom. The summed E-state index contributed by atoms with van der Waals surface area (Å²) in [6.45, 7) is -0.0909. The van der Waals surface area contributed by atoms with Crippen molar-refractivity contribution < 1.29 is 22.7 Å². The summed E-state index contributed by atoms with van der Waals surface area (Å²) in [5.74, 6) is -2.26. The predicted molar refractivity (Wildman–Crippen MR) is 114 cm³/mol. The highest BCUT2D eigenvalue weighted by Crippen LogP contribution is 2.34. The van der Waals surface area contributed by atoms with E-state index >= 15 is 0 Å². The third-order valence-electron chi connectivity index (χ3n) is 5.22. The highest BCUT2D eigenvalue weighted by atomic mass is 32.1. The number of aromatic nitrogens is 3. The Kier molecular flexibility index (Phi) is 6.44. The minimum absolute atomic E-state index is 0.0141. The van der Waals surface area contributed by atoms with E-state index < -0.39 is 29.8 Å². The van der Waals surface area contributed by atoms with Crippen molar-refractivity contribution in [3.63, 3.8) is 0 Å². The molecule has 1 fully saturated rings. The van der Waals surface area contributed by atoms with E-state index in [1.165, 1.54) is 12.3 Å². The van der Waals surface area contributed by atoms with E-state index in [1.807, 2.05) is 0 Å². The van der Waals surface area contributed by atoms with E-state index in [1.54, 1.807) is 0 Å². The summed E-state index contributed by atoms with van der Waals surface area (Å²) < 4.78 is 47.5. The molecule has 4 rings (SSSR count). The lowest BCUT2D eigenvalue weighted by atomic mass is 10.0. The van der Waals surface area contributed by atoms with E-state index in [0.29, 0.717) is 30.6 Å². The molecular weight excluding hydrogens is 445 g/mol. The summed E-state index contributed by atoms with van der Waals surface area (Å²) in [6, 6.07) is 2.86. The van der Waals surface area contributed by atoms with E-state index in [4.69, 9.17) is 16.2 Å². The molecule has 32 heavy (non-hydrogen) atoms. The van der Waals surface area contributed by atoms with Crippen molar-refractivity contribution in [3.8, 4) is 10.6 Å². The maximum atomic E-state index is 14.1. The van der Waals surface area contributed by atoms with Crippen molar-refractivity contribution in [1.82, 2.24) is 15.2 Å². The zero-order valence-corrected chi connectivity index (χ0v) is 17.6. The summed E-state index contributed by atoms with van der Waals surface area (Å²) in [5, 5.41) is 9.37. The molecule has 3 atom stereocenters. The number of hydrogen-bond donors (Lipinski definition) is 4. The molecule has 0 saturated carbocycles. The molecule has 1 aliphatic rings. The Hall–Kier alpha value is -2.96. The molecule has 1 aromatic carbocycles. The van der Waals surface area contributed by atoms with Crippen molar-refractivity contribution in [2.75, 3.05) is 17.7 Å². The van der Waals surface area contributed by atoms with Crippen molar-refractivity contribution in [1.29, 1.82) is 0 Å². The van der Waals surface area contributed by atoms with Crippen LogP contribution in [-0.4, -0.2) is 46.0 Å². The lowest BCUT2D eigenvalue weighted by molar-refractivity contribution is 0.0295. The van der Waals surface area contributed by atoms with Gasteiger partial charge in [0, 0.05) is 12.5 Å². The third-order valence-corrected chi connectivity index (χ3v) is 6.12. The monoisotopic (exact) mass is 466 g/mol. The predicted octanol–water partition coefficient (Wildman–Crippen LogP) is 3.03. The maximum Gasteiger partial charge on any atom is 0.277 e. The molecule has 12 heteroatoms. The smallest absolute Gasteiger partial charge is 0.277 e. The van der Waals surface area contributed by atoms with Crippen molar-refractivity contribution in [2.45, 2.75) is 37.6 Å². The quantitative estimate of drug-likeness (QED) is 0.457. The van der Waals surface area contributed by atoms with Gasteiger partial charge in [0.15, 0.2) is 5.69 Å². The molecule has 6 N–H and O–H groups in total. The summed E-state index contributed by atoms with van der Waals surface area (Å²) >= 11 is 0.807. The number of alkyl halides is 1. The lowest BCUT2D eigenvalue weighted by Crippen LogP contribution is -2.32. The highest BCUT2D eigenvalue weighted by molar-refractivity contribution is 7.19. The van der Waals surface area contributed by atoms with Crippen LogP contribution in [0.2, 0.25) is 0 Å². The fourth-order valence-electron chi connectivity index (χ4n) is 3.44. The number of nitrogens with one attached hydrogen (secondary N) is 2. The number of ether oxygens (including phenoxy) is 1. The number of rotatable bonds is 5. The van der Waals surface area contributed by atoms with Gasteiger partial charge in [-0.15, -0.1) is 0 Å². The van der Waals surface area contributed by atoms with Crippen molar-refractivity contribution in [2.24, 2.45) is 5.73 Å². The number of H-pyrrole nitrogens is 1. The fourth-order valence-corrected chi connectivity index (χ4v) is 4.32. The van der Waals surface area contributed by atoms with E-state index in [-0.39, 0.29) is 34.0 Å². The summed E-state index contributed by atoms with van der Waals surface area (Å²) in [5.41, 5.74) is 12.1. The van der Waals surface area contributed by atoms with Crippen molar-refractivity contribution in [3.05, 3.63) is 47.4 Å². The van der Waals surface area contributed by atoms with E-state index in [9.17, 15) is 18.0 Å². The van der Waals surface area contributed by atoms with Gasteiger partial charge in [-0.2, -0.15) is 5.10 Å².